The summed E-state index contributed by atoms with van der Waals surface area (Å²) in [5.41, 5.74) is 0. The van der Waals surface area contributed by atoms with Gasteiger partial charge in [0.2, 0.25) is 0 Å². The fraction of sp³-hybridized carbons (Fsp3) is 0.750. The van der Waals surface area contributed by atoms with Gasteiger partial charge in [-0.1, -0.05) is 12.8 Å². The van der Waals surface area contributed by atoms with Crippen molar-refractivity contribution in [2.24, 2.45) is 0 Å². The molecular weight excluding hydrogens is 202 g/mol. The van der Waals surface area contributed by atoms with E-state index >= 15 is 0 Å². The second kappa shape index (κ2) is 6.66. The minimum Gasteiger partial charge on any atom is -0.378 e. The predicted molar refractivity (Wildman–Crippen MR) is 63.1 cm³/mol. The Labute approximate surface area is 96.8 Å². The number of rotatable bonds is 7. The van der Waals surface area contributed by atoms with Gasteiger partial charge >= 0.3 is 0 Å². The van der Waals surface area contributed by atoms with Crippen LogP contribution < -0.4 is 5.32 Å². The largest absolute Gasteiger partial charge is 0.378 e. The third kappa shape index (κ3) is 3.94. The number of H-pyrrole nitrogens is 1. The molecule has 0 unspecified atom stereocenters. The summed E-state index contributed by atoms with van der Waals surface area (Å²) in [6.45, 7) is 2.69. The topological polar surface area (TPSA) is 49.9 Å². The first-order chi connectivity index (χ1) is 7.95. The van der Waals surface area contributed by atoms with Crippen LogP contribution in [0.1, 0.15) is 37.9 Å². The Balaban J connectivity index is 1.43. The van der Waals surface area contributed by atoms with Crippen LogP contribution in [0.4, 0.5) is 0 Å². The molecule has 4 nitrogen and oxygen atoms in total. The van der Waals surface area contributed by atoms with Crippen LogP contribution in [0.15, 0.2) is 12.4 Å². The molecule has 0 atom stereocenters. The van der Waals surface area contributed by atoms with E-state index in [9.17, 15) is 0 Å². The van der Waals surface area contributed by atoms with Crippen molar-refractivity contribution in [3.63, 3.8) is 0 Å². The number of imidazole rings is 1. The van der Waals surface area contributed by atoms with Crippen LogP contribution in [0.5, 0.6) is 0 Å². The average molecular weight is 223 g/mol. The minimum atomic E-state index is 0.546. The van der Waals surface area contributed by atoms with Crippen molar-refractivity contribution < 1.29 is 4.74 Å². The number of hydrogen-bond acceptors (Lipinski definition) is 3. The van der Waals surface area contributed by atoms with E-state index < -0.39 is 0 Å². The first kappa shape index (κ1) is 11.6. The Hall–Kier alpha value is -0.870. The fourth-order valence-electron chi connectivity index (χ4n) is 2.10. The molecule has 4 heteroatoms. The lowest BCUT2D eigenvalue weighted by molar-refractivity contribution is 0.0568. The molecule has 0 aromatic carbocycles. The Bertz CT molecular complexity index is 268. The Kier molecular flexibility index (Phi) is 4.83. The van der Waals surface area contributed by atoms with Crippen molar-refractivity contribution in [1.29, 1.82) is 0 Å². The van der Waals surface area contributed by atoms with Crippen LogP contribution in [-0.4, -0.2) is 29.2 Å². The molecule has 1 aliphatic carbocycles. The lowest BCUT2D eigenvalue weighted by Crippen LogP contribution is -2.18. The van der Waals surface area contributed by atoms with Crippen molar-refractivity contribution >= 4 is 0 Å². The maximum atomic E-state index is 5.78. The highest BCUT2D eigenvalue weighted by molar-refractivity contribution is 4.85. The molecule has 0 saturated heterocycles. The number of hydrogen-bond donors (Lipinski definition) is 2. The van der Waals surface area contributed by atoms with E-state index in [1.165, 1.54) is 25.7 Å². The quantitative estimate of drug-likeness (QED) is 0.694. The standard InChI is InChI=1S/C12H21N3O/c1-2-5-11(4-1)16-9-3-6-13-10-12-14-7-8-15-12/h7-8,11,13H,1-6,9-10H2,(H,14,15). The molecule has 2 rings (SSSR count). The molecule has 2 N–H and O–H groups in total. The first-order valence-electron chi connectivity index (χ1n) is 6.26. The maximum absolute atomic E-state index is 5.78. The zero-order chi connectivity index (χ0) is 11.1. The summed E-state index contributed by atoms with van der Waals surface area (Å²) >= 11 is 0. The van der Waals surface area contributed by atoms with Gasteiger partial charge in [-0.05, 0) is 25.8 Å². The molecule has 1 aromatic heterocycles. The van der Waals surface area contributed by atoms with Crippen molar-refractivity contribution in [1.82, 2.24) is 15.3 Å². The monoisotopic (exact) mass is 223 g/mol. The third-order valence-corrected chi connectivity index (χ3v) is 3.00. The number of nitrogens with zero attached hydrogens (tertiary/aromatic N) is 1. The molecule has 1 heterocycles. The molecule has 16 heavy (non-hydrogen) atoms. The van der Waals surface area contributed by atoms with Crippen molar-refractivity contribution in [2.45, 2.75) is 44.8 Å². The number of nitrogens with one attached hydrogen (secondary N) is 2. The van der Waals surface area contributed by atoms with Crippen LogP contribution in [0.2, 0.25) is 0 Å². The fourth-order valence-corrected chi connectivity index (χ4v) is 2.10. The molecule has 0 spiro atoms. The Morgan fingerprint density at radius 2 is 2.31 bits per heavy atom. The van der Waals surface area contributed by atoms with Crippen LogP contribution in [0.3, 0.4) is 0 Å². The maximum Gasteiger partial charge on any atom is 0.120 e. The van der Waals surface area contributed by atoms with Gasteiger partial charge in [-0.3, -0.25) is 0 Å². The summed E-state index contributed by atoms with van der Waals surface area (Å²) in [7, 11) is 0. The minimum absolute atomic E-state index is 0.546. The van der Waals surface area contributed by atoms with E-state index in [1.807, 2.05) is 6.20 Å². The highest BCUT2D eigenvalue weighted by Gasteiger charge is 2.14. The van der Waals surface area contributed by atoms with Gasteiger partial charge in [-0.25, -0.2) is 4.98 Å². The lowest BCUT2D eigenvalue weighted by atomic mass is 10.3. The summed E-state index contributed by atoms with van der Waals surface area (Å²) in [5.74, 6) is 0.997. The van der Waals surface area contributed by atoms with Crippen LogP contribution in [0.25, 0.3) is 0 Å². The van der Waals surface area contributed by atoms with E-state index in [0.717, 1.165) is 31.9 Å². The van der Waals surface area contributed by atoms with Gasteiger partial charge in [0.05, 0.1) is 12.6 Å². The van der Waals surface area contributed by atoms with Crippen molar-refractivity contribution in [3.05, 3.63) is 18.2 Å². The molecule has 0 bridgehead atoms. The second-order valence-corrected chi connectivity index (χ2v) is 4.34. The highest BCUT2D eigenvalue weighted by atomic mass is 16.5. The van der Waals surface area contributed by atoms with Gasteiger partial charge in [0, 0.05) is 19.0 Å². The first-order valence-corrected chi connectivity index (χ1v) is 6.26. The molecular formula is C12H21N3O. The average Bonchev–Trinajstić information content (AvgIpc) is 2.96. The van der Waals surface area contributed by atoms with Gasteiger partial charge in [-0.15, -0.1) is 0 Å². The molecule has 1 aromatic rings. The SMILES string of the molecule is c1c[nH]c(CNCCCOC2CCCC2)n1. The summed E-state index contributed by atoms with van der Waals surface area (Å²) in [4.78, 5) is 7.22. The van der Waals surface area contributed by atoms with Crippen LogP contribution in [0, 0.1) is 0 Å². The zero-order valence-corrected chi connectivity index (χ0v) is 9.74. The van der Waals surface area contributed by atoms with E-state index in [0.29, 0.717) is 6.10 Å². The molecule has 0 aliphatic heterocycles. The number of aromatic nitrogens is 2. The molecule has 90 valence electrons. The molecule has 0 radical (unpaired) electrons. The van der Waals surface area contributed by atoms with Gasteiger partial charge in [0.25, 0.3) is 0 Å². The summed E-state index contributed by atoms with van der Waals surface area (Å²) in [6, 6.07) is 0. The predicted octanol–water partition coefficient (Wildman–Crippen LogP) is 1.85. The third-order valence-electron chi connectivity index (χ3n) is 3.00. The Morgan fingerprint density at radius 3 is 3.06 bits per heavy atom. The molecule has 1 saturated carbocycles. The van der Waals surface area contributed by atoms with Gasteiger partial charge in [0.15, 0.2) is 0 Å². The molecule has 1 aliphatic rings. The lowest BCUT2D eigenvalue weighted by Gasteiger charge is -2.10. The second-order valence-electron chi connectivity index (χ2n) is 4.34. The van der Waals surface area contributed by atoms with Gasteiger partial charge in [0.1, 0.15) is 5.82 Å². The van der Waals surface area contributed by atoms with E-state index in [2.05, 4.69) is 15.3 Å². The van der Waals surface area contributed by atoms with Crippen molar-refractivity contribution in [2.75, 3.05) is 13.2 Å². The van der Waals surface area contributed by atoms with E-state index in [-0.39, 0.29) is 0 Å². The normalized spacial score (nSPS) is 17.0. The number of ether oxygens (including phenoxy) is 1. The Morgan fingerprint density at radius 1 is 1.44 bits per heavy atom. The smallest absolute Gasteiger partial charge is 0.120 e. The van der Waals surface area contributed by atoms with Crippen LogP contribution >= 0.6 is 0 Å². The zero-order valence-electron chi connectivity index (χ0n) is 9.74. The summed E-state index contributed by atoms with van der Waals surface area (Å²) in [5, 5.41) is 3.34. The van der Waals surface area contributed by atoms with Crippen LogP contribution in [-0.2, 0) is 11.3 Å². The van der Waals surface area contributed by atoms with E-state index in [1.54, 1.807) is 6.20 Å². The van der Waals surface area contributed by atoms with Gasteiger partial charge < -0.3 is 15.0 Å². The van der Waals surface area contributed by atoms with Crippen molar-refractivity contribution in [3.8, 4) is 0 Å². The molecule has 1 fully saturated rings. The number of aromatic amines is 1. The van der Waals surface area contributed by atoms with Gasteiger partial charge in [-0.2, -0.15) is 0 Å². The highest BCUT2D eigenvalue weighted by Crippen LogP contribution is 2.20. The molecule has 0 amide bonds. The van der Waals surface area contributed by atoms with E-state index in [4.69, 9.17) is 4.74 Å². The summed E-state index contributed by atoms with van der Waals surface area (Å²) in [6.07, 6.45) is 10.5. The summed E-state index contributed by atoms with van der Waals surface area (Å²) < 4.78 is 5.78.